The standard InChI is InChI=1S/C36H45N9O12/c1-4-11-29-38-32(36(2,3)49)31(43(29)23-24-14-16-25(17-15-24)26-12-5-6-13-27(26)33-39-41-42-40-33)34(47)37-28(35(48)55-19-8-10-21-57-45(52)53)22-30(46)54-18-7-9-20-56-44(50)51/h5-6,12-17,28,49H,4,7-11,18-23H2,1-3H3,(H,37,47)(H,39,40,41,42)/t28-/m0/s1. The summed E-state index contributed by atoms with van der Waals surface area (Å²) in [4.78, 5) is 74.5. The third kappa shape index (κ3) is 13.0. The van der Waals surface area contributed by atoms with E-state index in [0.717, 1.165) is 22.3 Å². The van der Waals surface area contributed by atoms with Gasteiger partial charge in [-0.3, -0.25) is 9.59 Å². The number of hydrogen-bond donors (Lipinski definition) is 3. The Morgan fingerprint density at radius 1 is 0.912 bits per heavy atom. The van der Waals surface area contributed by atoms with Crippen LogP contribution in [0.25, 0.3) is 22.5 Å². The molecule has 2 aromatic carbocycles. The van der Waals surface area contributed by atoms with Crippen molar-refractivity contribution < 1.29 is 48.8 Å². The number of hydrogen-bond acceptors (Lipinski definition) is 16. The molecule has 0 saturated carbocycles. The van der Waals surface area contributed by atoms with E-state index in [1.807, 2.05) is 55.5 Å². The average molecular weight is 796 g/mol. The summed E-state index contributed by atoms with van der Waals surface area (Å²) in [6.07, 6.45) is 1.28. The summed E-state index contributed by atoms with van der Waals surface area (Å²) in [5, 5.41) is 47.1. The first-order valence-corrected chi connectivity index (χ1v) is 18.2. The second-order valence-electron chi connectivity index (χ2n) is 13.2. The first-order chi connectivity index (χ1) is 27.3. The first-order valence-electron chi connectivity index (χ1n) is 18.2. The van der Waals surface area contributed by atoms with Crippen molar-refractivity contribution in [2.24, 2.45) is 0 Å². The maximum atomic E-state index is 14.3. The van der Waals surface area contributed by atoms with Crippen LogP contribution in [0, 0.1) is 20.2 Å². The largest absolute Gasteiger partial charge is 0.466 e. The molecule has 4 rings (SSSR count). The van der Waals surface area contributed by atoms with Crippen molar-refractivity contribution in [3.05, 3.63) is 91.5 Å². The van der Waals surface area contributed by atoms with Gasteiger partial charge in [-0.25, -0.2) is 9.78 Å². The van der Waals surface area contributed by atoms with E-state index in [-0.39, 0.29) is 70.0 Å². The number of rotatable bonds is 24. The number of aromatic amines is 1. The third-order valence-corrected chi connectivity index (χ3v) is 8.37. The zero-order valence-corrected chi connectivity index (χ0v) is 31.7. The van der Waals surface area contributed by atoms with Gasteiger partial charge in [-0.05, 0) is 67.9 Å². The highest BCUT2D eigenvalue weighted by molar-refractivity contribution is 5.97. The van der Waals surface area contributed by atoms with Crippen LogP contribution >= 0.6 is 0 Å². The number of ether oxygens (including phenoxy) is 2. The molecule has 0 spiro atoms. The minimum atomic E-state index is -1.61. The van der Waals surface area contributed by atoms with Crippen molar-refractivity contribution in [3.8, 4) is 22.5 Å². The van der Waals surface area contributed by atoms with E-state index in [1.54, 1.807) is 4.57 Å². The van der Waals surface area contributed by atoms with Crippen LogP contribution in [0.4, 0.5) is 0 Å². The highest BCUT2D eigenvalue weighted by Crippen LogP contribution is 2.31. The molecule has 0 unspecified atom stereocenters. The van der Waals surface area contributed by atoms with Crippen molar-refractivity contribution in [1.82, 2.24) is 35.5 Å². The van der Waals surface area contributed by atoms with Gasteiger partial charge >= 0.3 is 11.9 Å². The van der Waals surface area contributed by atoms with Crippen molar-refractivity contribution >= 4 is 17.8 Å². The van der Waals surface area contributed by atoms with Gasteiger partial charge in [0.25, 0.3) is 16.1 Å². The Balaban J connectivity index is 1.59. The van der Waals surface area contributed by atoms with Gasteiger partial charge in [-0.2, -0.15) is 5.21 Å². The zero-order chi connectivity index (χ0) is 41.4. The molecule has 1 atom stereocenters. The summed E-state index contributed by atoms with van der Waals surface area (Å²) >= 11 is 0. The quantitative estimate of drug-likeness (QED) is 0.0396. The van der Waals surface area contributed by atoms with Crippen molar-refractivity contribution in [1.29, 1.82) is 0 Å². The summed E-state index contributed by atoms with van der Waals surface area (Å²) in [5.74, 6) is -1.72. The summed E-state index contributed by atoms with van der Waals surface area (Å²) < 4.78 is 12.2. The van der Waals surface area contributed by atoms with Gasteiger partial charge < -0.3 is 34.1 Å². The molecule has 3 N–H and O–H groups in total. The van der Waals surface area contributed by atoms with Crippen LogP contribution in [0.2, 0.25) is 0 Å². The predicted octanol–water partition coefficient (Wildman–Crippen LogP) is 3.51. The van der Waals surface area contributed by atoms with Crippen molar-refractivity contribution in [3.63, 3.8) is 0 Å². The molecule has 21 heteroatoms. The molecule has 4 aromatic rings. The lowest BCUT2D eigenvalue weighted by atomic mass is 9.98. The Bertz CT molecular complexity index is 1960. The Kier molecular flexibility index (Phi) is 15.9. The molecule has 0 fully saturated rings. The highest BCUT2D eigenvalue weighted by Gasteiger charge is 2.34. The summed E-state index contributed by atoms with van der Waals surface area (Å²) in [6, 6.07) is 13.6. The monoisotopic (exact) mass is 795 g/mol. The van der Waals surface area contributed by atoms with Gasteiger partial charge in [0, 0.05) is 18.5 Å². The molecule has 57 heavy (non-hydrogen) atoms. The van der Waals surface area contributed by atoms with Gasteiger partial charge in [-0.1, -0.05) is 55.5 Å². The van der Waals surface area contributed by atoms with E-state index in [2.05, 4.69) is 40.6 Å². The van der Waals surface area contributed by atoms with Crippen molar-refractivity contribution in [2.45, 2.75) is 83.9 Å². The molecule has 0 radical (unpaired) electrons. The number of carbonyl (C=O) groups is 3. The second-order valence-corrected chi connectivity index (χ2v) is 13.2. The topological polar surface area (TPSA) is 279 Å². The lowest BCUT2D eigenvalue weighted by Crippen LogP contribution is -2.45. The summed E-state index contributed by atoms with van der Waals surface area (Å²) in [5.41, 5.74) is 1.70. The number of nitrogens with one attached hydrogen (secondary N) is 2. The van der Waals surface area contributed by atoms with Crippen LogP contribution < -0.4 is 5.32 Å². The lowest BCUT2D eigenvalue weighted by Gasteiger charge is -2.21. The molecule has 0 saturated heterocycles. The molecule has 2 heterocycles. The minimum absolute atomic E-state index is 0.0358. The summed E-state index contributed by atoms with van der Waals surface area (Å²) in [7, 11) is 0. The molecule has 1 amide bonds. The van der Waals surface area contributed by atoms with Crippen LogP contribution in [0.3, 0.4) is 0 Å². The predicted molar refractivity (Wildman–Crippen MR) is 198 cm³/mol. The molecule has 2 aromatic heterocycles. The van der Waals surface area contributed by atoms with Crippen LogP contribution in [0.5, 0.6) is 0 Å². The van der Waals surface area contributed by atoms with Crippen LogP contribution in [-0.2, 0) is 47.3 Å². The SMILES string of the molecule is CCCc1nc(C(C)(C)O)c(C(=O)N[C@@H](CC(=O)OCCCCO[N+](=O)[O-])C(=O)OCCCCO[N+](=O)[O-])n1Cc1ccc(-c2ccccc2-c2nn[nH]n2)cc1. The summed E-state index contributed by atoms with van der Waals surface area (Å²) in [6.45, 7) is 4.30. The number of esters is 2. The maximum Gasteiger partial charge on any atom is 0.329 e. The third-order valence-electron chi connectivity index (χ3n) is 8.37. The number of H-pyrrole nitrogens is 1. The smallest absolute Gasteiger partial charge is 0.329 e. The molecule has 0 aliphatic rings. The van der Waals surface area contributed by atoms with E-state index in [9.17, 15) is 39.7 Å². The second kappa shape index (κ2) is 21.0. The van der Waals surface area contributed by atoms with Crippen LogP contribution in [0.1, 0.15) is 86.9 Å². The number of aromatic nitrogens is 6. The molecular formula is C36H45N9O12. The van der Waals surface area contributed by atoms with Crippen molar-refractivity contribution in [2.75, 3.05) is 26.4 Å². The Hall–Kier alpha value is -6.51. The minimum Gasteiger partial charge on any atom is -0.466 e. The Morgan fingerprint density at radius 3 is 2.11 bits per heavy atom. The van der Waals surface area contributed by atoms with E-state index < -0.39 is 46.1 Å². The van der Waals surface area contributed by atoms with E-state index >= 15 is 0 Å². The number of imidazole rings is 1. The molecule has 0 bridgehead atoms. The van der Waals surface area contributed by atoms with Gasteiger partial charge in [0.15, 0.2) is 0 Å². The number of tetrazole rings is 1. The number of aliphatic hydroxyl groups is 1. The van der Waals surface area contributed by atoms with E-state index in [1.165, 1.54) is 13.8 Å². The van der Waals surface area contributed by atoms with Gasteiger partial charge in [0.1, 0.15) is 28.9 Å². The van der Waals surface area contributed by atoms with Crippen LogP contribution in [0.15, 0.2) is 48.5 Å². The maximum absolute atomic E-state index is 14.3. The fraction of sp³-hybridized carbons (Fsp3) is 0.472. The normalized spacial score (nSPS) is 11.7. The molecule has 21 nitrogen and oxygen atoms in total. The Morgan fingerprint density at radius 2 is 1.53 bits per heavy atom. The molecule has 0 aliphatic carbocycles. The fourth-order valence-corrected chi connectivity index (χ4v) is 5.71. The average Bonchev–Trinajstić information content (AvgIpc) is 3.83. The molecular weight excluding hydrogens is 750 g/mol. The van der Waals surface area contributed by atoms with Crippen LogP contribution in [-0.4, -0.2) is 95.8 Å². The number of amides is 1. The fourth-order valence-electron chi connectivity index (χ4n) is 5.71. The first kappa shape index (κ1) is 43.2. The Labute approximate surface area is 326 Å². The number of benzene rings is 2. The van der Waals surface area contributed by atoms with E-state index in [0.29, 0.717) is 24.5 Å². The van der Waals surface area contributed by atoms with E-state index in [4.69, 9.17) is 9.47 Å². The number of nitrogens with zero attached hydrogens (tertiary/aromatic N) is 7. The van der Waals surface area contributed by atoms with Gasteiger partial charge in [-0.15, -0.1) is 30.4 Å². The number of aryl methyl sites for hydroxylation is 1. The number of carbonyl (C=O) groups excluding carboxylic acids is 3. The number of unbranched alkanes of at least 4 members (excludes halogenated alkanes) is 2. The lowest BCUT2D eigenvalue weighted by molar-refractivity contribution is -0.757. The van der Waals surface area contributed by atoms with Gasteiger partial charge in [0.05, 0.1) is 32.8 Å². The molecule has 306 valence electrons. The zero-order valence-electron chi connectivity index (χ0n) is 31.7. The molecule has 0 aliphatic heterocycles. The van der Waals surface area contributed by atoms with Gasteiger partial charge in [0.2, 0.25) is 5.82 Å². The highest BCUT2D eigenvalue weighted by atomic mass is 17.0.